The number of ether oxygens (including phenoxy) is 4. The fraction of sp³-hybridized carbons (Fsp3) is 0.303. The molecule has 9 heteroatoms. The van der Waals surface area contributed by atoms with Gasteiger partial charge in [-0.15, -0.1) is 0 Å². The van der Waals surface area contributed by atoms with E-state index in [2.05, 4.69) is 6.07 Å². The second-order valence-corrected chi connectivity index (χ2v) is 9.55. The molecule has 0 saturated heterocycles. The molecule has 0 saturated carbocycles. The van der Waals surface area contributed by atoms with Crippen LogP contribution in [-0.2, 0) is 20.9 Å². The average molecular weight is 572 g/mol. The highest BCUT2D eigenvalue weighted by Gasteiger charge is 2.08. The van der Waals surface area contributed by atoms with Crippen molar-refractivity contribution in [3.63, 3.8) is 0 Å². The molecule has 0 amide bonds. The summed E-state index contributed by atoms with van der Waals surface area (Å²) in [7, 11) is 0. The lowest BCUT2D eigenvalue weighted by Gasteiger charge is -2.08. The molecule has 0 heterocycles. The molecule has 3 aromatic rings. The first-order valence-electron chi connectivity index (χ1n) is 13.9. The molecule has 0 aliphatic carbocycles. The van der Waals surface area contributed by atoms with Gasteiger partial charge in [0.15, 0.2) is 0 Å². The minimum Gasteiger partial charge on any atom is -0.494 e. The summed E-state index contributed by atoms with van der Waals surface area (Å²) < 4.78 is 22.0. The molecule has 0 unspecified atom stereocenters. The van der Waals surface area contributed by atoms with E-state index in [9.17, 15) is 9.59 Å². The third-order valence-corrected chi connectivity index (χ3v) is 6.05. The van der Waals surface area contributed by atoms with E-state index in [4.69, 9.17) is 35.7 Å². The largest absolute Gasteiger partial charge is 0.494 e. The summed E-state index contributed by atoms with van der Waals surface area (Å²) in [5.41, 5.74) is 14.4. The van der Waals surface area contributed by atoms with E-state index in [-0.39, 0.29) is 0 Å². The molecule has 3 aromatic carbocycles. The maximum atomic E-state index is 12.1. The zero-order valence-electron chi connectivity index (χ0n) is 23.6. The van der Waals surface area contributed by atoms with E-state index >= 15 is 0 Å². The van der Waals surface area contributed by atoms with Crippen LogP contribution in [0.1, 0.15) is 60.0 Å². The molecular formula is C33H37N3O6. The monoisotopic (exact) mass is 571 g/mol. The van der Waals surface area contributed by atoms with Crippen molar-refractivity contribution in [1.82, 2.24) is 0 Å². The van der Waals surface area contributed by atoms with Gasteiger partial charge in [-0.25, -0.2) is 9.59 Å². The van der Waals surface area contributed by atoms with Crippen molar-refractivity contribution < 1.29 is 28.5 Å². The lowest BCUT2D eigenvalue weighted by molar-refractivity contribution is -0.137. The maximum Gasteiger partial charge on any atom is 0.338 e. The number of hydrogen-bond acceptors (Lipinski definition) is 9. The highest BCUT2D eigenvalue weighted by molar-refractivity contribution is 5.91. The van der Waals surface area contributed by atoms with Crippen molar-refractivity contribution in [2.24, 2.45) is 0 Å². The predicted molar refractivity (Wildman–Crippen MR) is 162 cm³/mol. The summed E-state index contributed by atoms with van der Waals surface area (Å²) in [6.07, 6.45) is 7.43. The molecule has 0 radical (unpaired) electrons. The van der Waals surface area contributed by atoms with Crippen molar-refractivity contribution in [2.75, 3.05) is 31.3 Å². The second kappa shape index (κ2) is 17.7. The number of hydrogen-bond donors (Lipinski definition) is 2. The van der Waals surface area contributed by atoms with Crippen LogP contribution in [0.3, 0.4) is 0 Å². The SMILES string of the molecule is N#CCCCOc1ccc(COc2ccc(/C=C/C(=O)OCCCCCCOC(=O)c3cc(N)cc(N)c3)cc2)cc1. The highest BCUT2D eigenvalue weighted by atomic mass is 16.5. The highest BCUT2D eigenvalue weighted by Crippen LogP contribution is 2.18. The molecule has 0 aliphatic rings. The predicted octanol–water partition coefficient (Wildman–Crippen LogP) is 6.09. The number of carbonyl (C=O) groups is 2. The molecule has 0 bridgehead atoms. The second-order valence-electron chi connectivity index (χ2n) is 9.55. The Morgan fingerprint density at radius 2 is 1.36 bits per heavy atom. The molecule has 0 atom stereocenters. The van der Waals surface area contributed by atoms with E-state index < -0.39 is 11.9 Å². The van der Waals surface area contributed by atoms with Gasteiger partial charge in [0.25, 0.3) is 0 Å². The molecule has 0 aromatic heterocycles. The van der Waals surface area contributed by atoms with Gasteiger partial charge in [0, 0.05) is 23.9 Å². The topological polar surface area (TPSA) is 147 Å². The summed E-state index contributed by atoms with van der Waals surface area (Å²) in [4.78, 5) is 24.1. The lowest BCUT2D eigenvalue weighted by atomic mass is 10.2. The van der Waals surface area contributed by atoms with Crippen LogP contribution in [0.25, 0.3) is 6.08 Å². The zero-order chi connectivity index (χ0) is 30.0. The van der Waals surface area contributed by atoms with Crippen LogP contribution in [0, 0.1) is 11.3 Å². The van der Waals surface area contributed by atoms with E-state index in [1.54, 1.807) is 12.1 Å². The summed E-state index contributed by atoms with van der Waals surface area (Å²) in [5.74, 6) is 0.637. The smallest absolute Gasteiger partial charge is 0.338 e. The molecule has 0 fully saturated rings. The summed E-state index contributed by atoms with van der Waals surface area (Å²) >= 11 is 0. The number of nitrogens with two attached hydrogens (primary N) is 2. The summed E-state index contributed by atoms with van der Waals surface area (Å²) in [6, 6.07) is 21.8. The molecule has 220 valence electrons. The van der Waals surface area contributed by atoms with Crippen LogP contribution in [-0.4, -0.2) is 31.8 Å². The van der Waals surface area contributed by atoms with Crippen molar-refractivity contribution in [3.8, 4) is 17.6 Å². The minimum atomic E-state index is -0.449. The van der Waals surface area contributed by atoms with Crippen molar-refractivity contribution >= 4 is 29.4 Å². The Balaban J connectivity index is 1.24. The van der Waals surface area contributed by atoms with Crippen LogP contribution in [0.2, 0.25) is 0 Å². The zero-order valence-corrected chi connectivity index (χ0v) is 23.6. The van der Waals surface area contributed by atoms with Crippen LogP contribution in [0.15, 0.2) is 72.8 Å². The maximum absolute atomic E-state index is 12.1. The van der Waals surface area contributed by atoms with E-state index in [1.165, 1.54) is 18.2 Å². The van der Waals surface area contributed by atoms with Crippen molar-refractivity contribution in [3.05, 3.63) is 89.5 Å². The summed E-state index contributed by atoms with van der Waals surface area (Å²) in [6.45, 7) is 1.56. The third kappa shape index (κ3) is 12.0. The number of carbonyl (C=O) groups excluding carboxylic acids is 2. The van der Waals surface area contributed by atoms with Crippen LogP contribution in [0.4, 0.5) is 11.4 Å². The molecule has 4 N–H and O–H groups in total. The fourth-order valence-electron chi connectivity index (χ4n) is 3.85. The molecule has 42 heavy (non-hydrogen) atoms. The Labute approximate surface area is 246 Å². The van der Waals surface area contributed by atoms with Crippen LogP contribution < -0.4 is 20.9 Å². The van der Waals surface area contributed by atoms with Gasteiger partial charge < -0.3 is 30.4 Å². The first-order valence-corrected chi connectivity index (χ1v) is 13.9. The van der Waals surface area contributed by atoms with E-state index in [1.807, 2.05) is 48.5 Å². The molecule has 0 aliphatic heterocycles. The molecular weight excluding hydrogens is 534 g/mol. The van der Waals surface area contributed by atoms with Crippen molar-refractivity contribution in [1.29, 1.82) is 5.26 Å². The normalized spacial score (nSPS) is 10.6. The van der Waals surface area contributed by atoms with Gasteiger partial charge in [-0.05, 0) is 91.8 Å². The number of rotatable bonds is 17. The van der Waals surface area contributed by atoms with Gasteiger partial charge >= 0.3 is 11.9 Å². The van der Waals surface area contributed by atoms with Crippen LogP contribution >= 0.6 is 0 Å². The molecule has 3 rings (SSSR count). The number of benzene rings is 3. The first-order chi connectivity index (χ1) is 20.4. The van der Waals surface area contributed by atoms with Gasteiger partial charge in [-0.1, -0.05) is 24.3 Å². The Morgan fingerprint density at radius 3 is 2.02 bits per heavy atom. The Morgan fingerprint density at radius 1 is 0.738 bits per heavy atom. The lowest BCUT2D eigenvalue weighted by Crippen LogP contribution is -2.08. The van der Waals surface area contributed by atoms with E-state index in [0.29, 0.717) is 62.6 Å². The Hall–Kier alpha value is -4.97. The summed E-state index contributed by atoms with van der Waals surface area (Å²) in [5, 5.41) is 8.56. The van der Waals surface area contributed by atoms with Crippen molar-refractivity contribution in [2.45, 2.75) is 45.1 Å². The number of anilines is 2. The number of unbranched alkanes of at least 4 members (excludes halogenated alkanes) is 4. The number of esters is 2. The number of nitriles is 1. The Bertz CT molecular complexity index is 1330. The Kier molecular flexibility index (Phi) is 13.3. The number of nitrogens with zero attached hydrogens (tertiary/aromatic N) is 1. The fourth-order valence-corrected chi connectivity index (χ4v) is 3.85. The number of nitrogen functional groups attached to an aromatic ring is 2. The van der Waals surface area contributed by atoms with Gasteiger partial charge in [0.05, 0.1) is 31.5 Å². The van der Waals surface area contributed by atoms with Gasteiger partial charge in [0.1, 0.15) is 18.1 Å². The van der Waals surface area contributed by atoms with Gasteiger partial charge in [-0.2, -0.15) is 5.26 Å². The van der Waals surface area contributed by atoms with Crippen LogP contribution in [0.5, 0.6) is 11.5 Å². The first kappa shape index (κ1) is 31.6. The van der Waals surface area contributed by atoms with Gasteiger partial charge in [0.2, 0.25) is 0 Å². The van der Waals surface area contributed by atoms with E-state index in [0.717, 1.165) is 41.9 Å². The third-order valence-electron chi connectivity index (χ3n) is 6.05. The molecule has 0 spiro atoms. The molecule has 9 nitrogen and oxygen atoms in total. The average Bonchev–Trinajstić information content (AvgIpc) is 2.99. The van der Waals surface area contributed by atoms with Gasteiger partial charge in [-0.3, -0.25) is 0 Å². The minimum absolute atomic E-state index is 0.300. The standard InChI is InChI=1S/C33H37N3O6/c34-17-3-6-18-39-30-14-9-26(10-15-30)24-42-31-12-7-25(8-13-31)11-16-32(37)40-19-4-1-2-5-20-41-33(38)27-21-28(35)23-29(36)22-27/h7-16,21-23H,1-6,18-20,24,35-36H2/b16-11+. The quantitative estimate of drug-likeness (QED) is 0.0850.